The van der Waals surface area contributed by atoms with Crippen molar-refractivity contribution in [2.75, 3.05) is 26.7 Å². The number of aromatic nitrogens is 2. The Morgan fingerprint density at radius 2 is 2.00 bits per heavy atom. The van der Waals surface area contributed by atoms with Crippen molar-refractivity contribution in [3.05, 3.63) is 11.3 Å². The summed E-state index contributed by atoms with van der Waals surface area (Å²) in [6, 6.07) is 0.779. The van der Waals surface area contributed by atoms with E-state index in [-0.39, 0.29) is 12.4 Å². The van der Waals surface area contributed by atoms with E-state index >= 15 is 0 Å². The third-order valence-corrected chi connectivity index (χ3v) is 5.16. The van der Waals surface area contributed by atoms with E-state index < -0.39 is 0 Å². The van der Waals surface area contributed by atoms with Gasteiger partial charge in [0, 0.05) is 19.6 Å². The van der Waals surface area contributed by atoms with Gasteiger partial charge in [0.15, 0.2) is 0 Å². The molecule has 1 unspecified atom stereocenters. The lowest BCUT2D eigenvalue weighted by atomic mass is 9.88. The summed E-state index contributed by atoms with van der Waals surface area (Å²) in [4.78, 5) is 2.55. The number of halogens is 1. The van der Waals surface area contributed by atoms with Gasteiger partial charge < -0.3 is 10.1 Å². The molecule has 2 saturated heterocycles. The molecular formula is C16H29ClN4O. The van der Waals surface area contributed by atoms with Gasteiger partial charge in [0.25, 0.3) is 0 Å². The van der Waals surface area contributed by atoms with Crippen molar-refractivity contribution in [3.8, 4) is 5.88 Å². The predicted molar refractivity (Wildman–Crippen MR) is 90.8 cm³/mol. The van der Waals surface area contributed by atoms with Crippen molar-refractivity contribution >= 4 is 12.4 Å². The van der Waals surface area contributed by atoms with Crippen LogP contribution in [0.2, 0.25) is 0 Å². The number of rotatable bonds is 4. The zero-order chi connectivity index (χ0) is 14.8. The molecule has 0 amide bonds. The Morgan fingerprint density at radius 1 is 1.27 bits per heavy atom. The topological polar surface area (TPSA) is 42.3 Å². The Labute approximate surface area is 139 Å². The third-order valence-electron chi connectivity index (χ3n) is 5.16. The molecule has 0 saturated carbocycles. The first-order valence-electron chi connectivity index (χ1n) is 8.21. The summed E-state index contributed by atoms with van der Waals surface area (Å²) in [7, 11) is 3.69. The molecule has 0 radical (unpaired) electrons. The Kier molecular flexibility index (Phi) is 6.12. The van der Waals surface area contributed by atoms with Crippen LogP contribution in [-0.4, -0.2) is 47.5 Å². The maximum Gasteiger partial charge on any atom is 0.216 e. The molecule has 1 aromatic heterocycles. The minimum atomic E-state index is 0. The number of piperidine rings is 1. The van der Waals surface area contributed by atoms with Gasteiger partial charge in [-0.25, -0.2) is 4.68 Å². The third kappa shape index (κ3) is 3.58. The lowest BCUT2D eigenvalue weighted by molar-refractivity contribution is 0.156. The molecule has 1 aromatic rings. The van der Waals surface area contributed by atoms with Crippen LogP contribution >= 0.6 is 12.4 Å². The largest absolute Gasteiger partial charge is 0.481 e. The first kappa shape index (κ1) is 17.6. The molecule has 3 rings (SSSR count). The van der Waals surface area contributed by atoms with E-state index in [1.165, 1.54) is 50.9 Å². The fraction of sp³-hybridized carbons (Fsp3) is 0.812. The normalized spacial score (nSPS) is 23.5. The van der Waals surface area contributed by atoms with Gasteiger partial charge in [-0.2, -0.15) is 5.10 Å². The molecule has 1 atom stereocenters. The van der Waals surface area contributed by atoms with E-state index in [9.17, 15) is 0 Å². The Balaban J connectivity index is 0.00000176. The number of nitrogens with zero attached hydrogens (tertiary/aromatic N) is 3. The Bertz CT molecular complexity index is 477. The molecule has 5 nitrogen and oxygen atoms in total. The van der Waals surface area contributed by atoms with Gasteiger partial charge in [-0.15, -0.1) is 12.4 Å². The number of likely N-dealkylation sites (tertiary alicyclic amines) is 1. The van der Waals surface area contributed by atoms with Crippen molar-refractivity contribution in [1.82, 2.24) is 20.0 Å². The molecule has 126 valence electrons. The van der Waals surface area contributed by atoms with Crippen LogP contribution in [0, 0.1) is 12.8 Å². The van der Waals surface area contributed by atoms with E-state index in [4.69, 9.17) is 4.74 Å². The van der Waals surface area contributed by atoms with Crippen LogP contribution < -0.4 is 10.1 Å². The first-order valence-corrected chi connectivity index (χ1v) is 8.21. The van der Waals surface area contributed by atoms with Gasteiger partial charge in [-0.3, -0.25) is 4.90 Å². The molecule has 6 heteroatoms. The summed E-state index contributed by atoms with van der Waals surface area (Å²) in [5.41, 5.74) is 2.34. The van der Waals surface area contributed by atoms with Crippen molar-refractivity contribution in [1.29, 1.82) is 0 Å². The summed E-state index contributed by atoms with van der Waals surface area (Å²) >= 11 is 0. The van der Waals surface area contributed by atoms with E-state index in [2.05, 4.69) is 22.2 Å². The smallest absolute Gasteiger partial charge is 0.216 e. The van der Waals surface area contributed by atoms with Gasteiger partial charge in [0.1, 0.15) is 0 Å². The average Bonchev–Trinajstić information content (AvgIpc) is 3.09. The first-order chi connectivity index (χ1) is 10.2. The quantitative estimate of drug-likeness (QED) is 0.919. The molecule has 0 aromatic carbocycles. The Hall–Kier alpha value is -0.780. The lowest BCUT2D eigenvalue weighted by Crippen LogP contribution is -2.40. The summed E-state index contributed by atoms with van der Waals surface area (Å²) in [5.74, 6) is 1.78. The zero-order valence-electron chi connectivity index (χ0n) is 14.0. The molecule has 0 bridgehead atoms. The number of methoxy groups -OCH3 is 1. The zero-order valence-corrected chi connectivity index (χ0v) is 14.8. The highest BCUT2D eigenvalue weighted by atomic mass is 35.5. The number of hydrogen-bond donors (Lipinski definition) is 1. The summed E-state index contributed by atoms with van der Waals surface area (Å²) < 4.78 is 7.35. The summed E-state index contributed by atoms with van der Waals surface area (Å²) in [6.07, 6.45) is 5.37. The molecule has 22 heavy (non-hydrogen) atoms. The maximum absolute atomic E-state index is 5.50. The van der Waals surface area contributed by atoms with Gasteiger partial charge in [0.2, 0.25) is 5.88 Å². The number of hydrogen-bond acceptors (Lipinski definition) is 4. The Morgan fingerprint density at radius 3 is 2.59 bits per heavy atom. The highest BCUT2D eigenvalue weighted by molar-refractivity contribution is 5.85. The average molecular weight is 329 g/mol. The minimum Gasteiger partial charge on any atom is -0.481 e. The fourth-order valence-corrected chi connectivity index (χ4v) is 3.97. The molecule has 3 heterocycles. The molecule has 0 spiro atoms. The van der Waals surface area contributed by atoms with Crippen LogP contribution in [0.4, 0.5) is 0 Å². The van der Waals surface area contributed by atoms with E-state index in [0.29, 0.717) is 0 Å². The fourth-order valence-electron chi connectivity index (χ4n) is 3.97. The number of aryl methyl sites for hydroxylation is 2. The molecule has 2 aliphatic heterocycles. The van der Waals surface area contributed by atoms with Crippen LogP contribution in [0.3, 0.4) is 0 Å². The van der Waals surface area contributed by atoms with Crippen LogP contribution in [0.15, 0.2) is 0 Å². The van der Waals surface area contributed by atoms with Crippen molar-refractivity contribution < 1.29 is 4.74 Å². The van der Waals surface area contributed by atoms with Gasteiger partial charge in [-0.1, -0.05) is 0 Å². The number of nitrogens with one attached hydrogen (secondary N) is 1. The van der Waals surface area contributed by atoms with Crippen LogP contribution in [0.1, 0.15) is 36.9 Å². The molecular weight excluding hydrogens is 300 g/mol. The van der Waals surface area contributed by atoms with Gasteiger partial charge in [0.05, 0.1) is 18.4 Å². The standard InChI is InChI=1S/C16H28N4O.ClH/c1-12-14(16(21-3)19(2)18-12)11-20-9-6-13(7-10-20)15-5-4-8-17-15;/h13,15,17H,4-11H2,1-3H3;1H. The van der Waals surface area contributed by atoms with Crippen LogP contribution in [-0.2, 0) is 13.6 Å². The van der Waals surface area contributed by atoms with E-state index in [0.717, 1.165) is 30.1 Å². The number of ether oxygens (including phenoxy) is 1. The second-order valence-corrected chi connectivity index (χ2v) is 6.51. The highest BCUT2D eigenvalue weighted by Crippen LogP contribution is 2.28. The van der Waals surface area contributed by atoms with E-state index in [1.54, 1.807) is 7.11 Å². The monoisotopic (exact) mass is 328 g/mol. The molecule has 2 aliphatic rings. The summed E-state index contributed by atoms with van der Waals surface area (Å²) in [5, 5.41) is 8.15. The highest BCUT2D eigenvalue weighted by Gasteiger charge is 2.29. The second kappa shape index (κ2) is 7.66. The van der Waals surface area contributed by atoms with Crippen LogP contribution in [0.25, 0.3) is 0 Å². The van der Waals surface area contributed by atoms with Gasteiger partial charge >= 0.3 is 0 Å². The molecule has 1 N–H and O–H groups in total. The van der Waals surface area contributed by atoms with Crippen molar-refractivity contribution in [2.45, 2.75) is 45.2 Å². The summed E-state index contributed by atoms with van der Waals surface area (Å²) in [6.45, 7) is 6.65. The lowest BCUT2D eigenvalue weighted by Gasteiger charge is -2.34. The van der Waals surface area contributed by atoms with Crippen molar-refractivity contribution in [3.63, 3.8) is 0 Å². The second-order valence-electron chi connectivity index (χ2n) is 6.51. The van der Waals surface area contributed by atoms with E-state index in [1.807, 2.05) is 11.7 Å². The predicted octanol–water partition coefficient (Wildman–Crippen LogP) is 2.12. The van der Waals surface area contributed by atoms with Gasteiger partial charge in [-0.05, 0) is 58.2 Å². The van der Waals surface area contributed by atoms with Crippen molar-refractivity contribution in [2.24, 2.45) is 13.0 Å². The SMILES string of the molecule is COc1c(CN2CCC(C3CCCN3)CC2)c(C)nn1C.Cl. The molecule has 2 fully saturated rings. The van der Waals surface area contributed by atoms with Crippen LogP contribution in [0.5, 0.6) is 5.88 Å². The minimum absolute atomic E-state index is 0. The molecule has 0 aliphatic carbocycles. The maximum atomic E-state index is 5.50.